The number of nitrogens with one attached hydrogen (secondary N) is 1. The standard InChI is InChI=1S/C19H23N3O2S/c1-16-9-11-18(12-10-16)21-20-15-17-7-3-4-8-19(17)25(23,24)22-13-5-2-6-14-22/h3-4,7-12,15,21H,2,5-6,13-14H2,1H3. The minimum absolute atomic E-state index is 0.311. The topological polar surface area (TPSA) is 61.8 Å². The van der Waals surface area contributed by atoms with Crippen LogP contribution in [-0.4, -0.2) is 32.0 Å². The SMILES string of the molecule is Cc1ccc(NN=Cc2ccccc2S(=O)(=O)N2CCCCC2)cc1. The molecule has 0 atom stereocenters. The van der Waals surface area contributed by atoms with Gasteiger partial charge in [0.25, 0.3) is 0 Å². The third-order valence-corrected chi connectivity index (χ3v) is 6.27. The molecule has 1 N–H and O–H groups in total. The van der Waals surface area contributed by atoms with Gasteiger partial charge in [-0.2, -0.15) is 9.41 Å². The molecule has 0 saturated carbocycles. The maximum Gasteiger partial charge on any atom is 0.243 e. The second kappa shape index (κ2) is 7.80. The van der Waals surface area contributed by atoms with E-state index < -0.39 is 10.0 Å². The third-order valence-electron chi connectivity index (χ3n) is 4.30. The highest BCUT2D eigenvalue weighted by Crippen LogP contribution is 2.22. The molecule has 0 unspecified atom stereocenters. The average Bonchev–Trinajstić information content (AvgIpc) is 2.64. The summed E-state index contributed by atoms with van der Waals surface area (Å²) in [6.07, 6.45) is 4.50. The number of rotatable bonds is 5. The van der Waals surface area contributed by atoms with Crippen molar-refractivity contribution in [1.82, 2.24) is 4.31 Å². The Balaban J connectivity index is 1.80. The normalized spacial score (nSPS) is 16.2. The predicted molar refractivity (Wildman–Crippen MR) is 101 cm³/mol. The number of aryl methyl sites for hydroxylation is 1. The average molecular weight is 357 g/mol. The van der Waals surface area contributed by atoms with Crippen LogP contribution in [-0.2, 0) is 10.0 Å². The first kappa shape index (κ1) is 17.6. The van der Waals surface area contributed by atoms with Crippen LogP contribution in [0.5, 0.6) is 0 Å². The first-order valence-electron chi connectivity index (χ1n) is 8.52. The summed E-state index contributed by atoms with van der Waals surface area (Å²) >= 11 is 0. The minimum atomic E-state index is -3.48. The Morgan fingerprint density at radius 3 is 2.40 bits per heavy atom. The van der Waals surface area contributed by atoms with Gasteiger partial charge in [0.2, 0.25) is 10.0 Å². The summed E-state index contributed by atoms with van der Waals surface area (Å²) in [6, 6.07) is 14.9. The molecule has 0 spiro atoms. The van der Waals surface area contributed by atoms with Crippen molar-refractivity contribution >= 4 is 21.9 Å². The maximum absolute atomic E-state index is 12.9. The number of benzene rings is 2. The monoisotopic (exact) mass is 357 g/mol. The molecule has 3 rings (SSSR count). The Morgan fingerprint density at radius 1 is 1.00 bits per heavy atom. The molecule has 1 heterocycles. The van der Waals surface area contributed by atoms with E-state index in [-0.39, 0.29) is 0 Å². The van der Waals surface area contributed by atoms with E-state index in [0.717, 1.165) is 24.9 Å². The van der Waals surface area contributed by atoms with E-state index in [1.165, 1.54) is 5.56 Å². The van der Waals surface area contributed by atoms with Gasteiger partial charge in [-0.15, -0.1) is 0 Å². The van der Waals surface area contributed by atoms with E-state index >= 15 is 0 Å². The Hall–Kier alpha value is -2.18. The summed E-state index contributed by atoms with van der Waals surface area (Å²) in [4.78, 5) is 0.311. The minimum Gasteiger partial charge on any atom is -0.279 e. The quantitative estimate of drug-likeness (QED) is 0.657. The lowest BCUT2D eigenvalue weighted by molar-refractivity contribution is 0.346. The largest absolute Gasteiger partial charge is 0.279 e. The highest BCUT2D eigenvalue weighted by Gasteiger charge is 2.27. The van der Waals surface area contributed by atoms with Crippen LogP contribution in [0.4, 0.5) is 5.69 Å². The van der Waals surface area contributed by atoms with Gasteiger partial charge in [0.1, 0.15) is 0 Å². The molecule has 1 saturated heterocycles. The summed E-state index contributed by atoms with van der Waals surface area (Å²) < 4.78 is 27.4. The van der Waals surface area contributed by atoms with E-state index in [1.54, 1.807) is 28.7 Å². The number of nitrogens with zero attached hydrogens (tertiary/aromatic N) is 2. The van der Waals surface area contributed by atoms with Crippen LogP contribution in [0, 0.1) is 6.92 Å². The van der Waals surface area contributed by atoms with Crippen LogP contribution in [0.15, 0.2) is 58.5 Å². The molecule has 0 amide bonds. The Bertz CT molecular complexity index is 839. The van der Waals surface area contributed by atoms with Gasteiger partial charge in [0.15, 0.2) is 0 Å². The van der Waals surface area contributed by atoms with Crippen LogP contribution < -0.4 is 5.43 Å². The number of hydrazone groups is 1. The number of piperidine rings is 1. The van der Waals surface area contributed by atoms with Crippen LogP contribution in [0.3, 0.4) is 0 Å². The summed E-state index contributed by atoms with van der Waals surface area (Å²) in [6.45, 7) is 3.21. The summed E-state index contributed by atoms with van der Waals surface area (Å²) in [5.41, 5.74) is 5.56. The zero-order valence-corrected chi connectivity index (χ0v) is 15.2. The van der Waals surface area contributed by atoms with Crippen molar-refractivity contribution < 1.29 is 8.42 Å². The Kier molecular flexibility index (Phi) is 5.50. The second-order valence-corrected chi connectivity index (χ2v) is 8.14. The zero-order chi connectivity index (χ0) is 17.7. The van der Waals surface area contributed by atoms with Crippen LogP contribution in [0.25, 0.3) is 0 Å². The maximum atomic E-state index is 12.9. The number of hydrogen-bond acceptors (Lipinski definition) is 4. The lowest BCUT2D eigenvalue weighted by Gasteiger charge is -2.26. The molecule has 1 fully saturated rings. The molecule has 1 aliphatic rings. The van der Waals surface area contributed by atoms with Crippen molar-refractivity contribution in [3.05, 3.63) is 59.7 Å². The van der Waals surface area contributed by atoms with Crippen LogP contribution in [0.1, 0.15) is 30.4 Å². The predicted octanol–water partition coefficient (Wildman–Crippen LogP) is 3.62. The lowest BCUT2D eigenvalue weighted by Crippen LogP contribution is -2.36. The van der Waals surface area contributed by atoms with E-state index in [1.807, 2.05) is 37.3 Å². The fourth-order valence-electron chi connectivity index (χ4n) is 2.87. The highest BCUT2D eigenvalue weighted by molar-refractivity contribution is 7.89. The van der Waals surface area contributed by atoms with Gasteiger partial charge in [-0.1, -0.05) is 42.3 Å². The zero-order valence-electron chi connectivity index (χ0n) is 14.4. The highest BCUT2D eigenvalue weighted by atomic mass is 32.2. The van der Waals surface area contributed by atoms with Crippen LogP contribution in [0.2, 0.25) is 0 Å². The fraction of sp³-hybridized carbons (Fsp3) is 0.316. The molecule has 0 radical (unpaired) electrons. The van der Waals surface area contributed by atoms with Gasteiger partial charge in [0, 0.05) is 18.7 Å². The van der Waals surface area contributed by atoms with Crippen LogP contribution >= 0.6 is 0 Å². The van der Waals surface area contributed by atoms with Crippen molar-refractivity contribution in [3.63, 3.8) is 0 Å². The summed E-state index contributed by atoms with van der Waals surface area (Å²) in [7, 11) is -3.48. The van der Waals surface area contributed by atoms with E-state index in [9.17, 15) is 8.42 Å². The van der Waals surface area contributed by atoms with Gasteiger partial charge in [0.05, 0.1) is 16.8 Å². The molecule has 25 heavy (non-hydrogen) atoms. The van der Waals surface area contributed by atoms with Crippen molar-refractivity contribution in [2.45, 2.75) is 31.1 Å². The van der Waals surface area contributed by atoms with Crippen molar-refractivity contribution in [2.75, 3.05) is 18.5 Å². The molecule has 132 valence electrons. The lowest BCUT2D eigenvalue weighted by atomic mass is 10.2. The molecule has 2 aromatic rings. The third kappa shape index (κ3) is 4.27. The fourth-order valence-corrected chi connectivity index (χ4v) is 4.56. The first-order chi connectivity index (χ1) is 12.1. The summed E-state index contributed by atoms with van der Waals surface area (Å²) in [5.74, 6) is 0. The Labute approximate surface area is 149 Å². The van der Waals surface area contributed by atoms with E-state index in [4.69, 9.17) is 0 Å². The Morgan fingerprint density at radius 2 is 1.68 bits per heavy atom. The van der Waals surface area contributed by atoms with E-state index in [0.29, 0.717) is 23.5 Å². The molecule has 0 bridgehead atoms. The molecular weight excluding hydrogens is 334 g/mol. The first-order valence-corrected chi connectivity index (χ1v) is 9.96. The van der Waals surface area contributed by atoms with Gasteiger partial charge in [-0.25, -0.2) is 8.42 Å². The van der Waals surface area contributed by atoms with Gasteiger partial charge in [-0.05, 0) is 38.0 Å². The van der Waals surface area contributed by atoms with Gasteiger partial charge >= 0.3 is 0 Å². The molecule has 2 aromatic carbocycles. The van der Waals surface area contributed by atoms with Gasteiger partial charge < -0.3 is 0 Å². The van der Waals surface area contributed by atoms with Crippen molar-refractivity contribution in [1.29, 1.82) is 0 Å². The number of hydrogen-bond donors (Lipinski definition) is 1. The van der Waals surface area contributed by atoms with E-state index in [2.05, 4.69) is 10.5 Å². The van der Waals surface area contributed by atoms with Gasteiger partial charge in [-0.3, -0.25) is 5.43 Å². The number of sulfonamides is 1. The summed E-state index contributed by atoms with van der Waals surface area (Å²) in [5, 5.41) is 4.20. The van der Waals surface area contributed by atoms with Crippen molar-refractivity contribution in [3.8, 4) is 0 Å². The molecule has 5 nitrogen and oxygen atoms in total. The molecule has 6 heteroatoms. The molecule has 0 aromatic heterocycles. The molecule has 1 aliphatic heterocycles. The smallest absolute Gasteiger partial charge is 0.243 e. The molecule has 0 aliphatic carbocycles. The molecular formula is C19H23N3O2S. The van der Waals surface area contributed by atoms with Crippen molar-refractivity contribution in [2.24, 2.45) is 5.10 Å². The second-order valence-electron chi connectivity index (χ2n) is 6.24. The number of anilines is 1.